The summed E-state index contributed by atoms with van der Waals surface area (Å²) in [6.45, 7) is 3.21. The number of fused-ring (bicyclic) bond motifs is 1. The van der Waals surface area contributed by atoms with Gasteiger partial charge in [-0.25, -0.2) is 0 Å². The van der Waals surface area contributed by atoms with E-state index in [-0.39, 0.29) is 17.9 Å². The third kappa shape index (κ3) is 3.07. The molecule has 0 spiro atoms. The van der Waals surface area contributed by atoms with Crippen LogP contribution in [0, 0.1) is 0 Å². The molecule has 2 aliphatic heterocycles. The molecule has 0 aromatic heterocycles. The van der Waals surface area contributed by atoms with E-state index in [1.807, 2.05) is 18.2 Å². The maximum Gasteiger partial charge on any atom is 0.262 e. The quantitative estimate of drug-likeness (QED) is 0.872. The molecule has 4 nitrogen and oxygen atoms in total. The molecule has 2 aliphatic rings. The number of nitrogens with one attached hydrogen (secondary N) is 1. The fourth-order valence-electron chi connectivity index (χ4n) is 2.77. The fourth-order valence-corrected chi connectivity index (χ4v) is 3.10. The Labute approximate surface area is 124 Å². The van der Waals surface area contributed by atoms with Gasteiger partial charge in [-0.3, -0.25) is 4.79 Å². The molecule has 1 saturated heterocycles. The molecule has 0 aliphatic carbocycles. The zero-order valence-corrected chi connectivity index (χ0v) is 12.2. The summed E-state index contributed by atoms with van der Waals surface area (Å²) < 4.78 is 5.35. The molecule has 1 amide bonds. The van der Waals surface area contributed by atoms with Gasteiger partial charge in [-0.2, -0.15) is 0 Å². The molecule has 20 heavy (non-hydrogen) atoms. The number of halogens is 1. The lowest BCUT2D eigenvalue weighted by Crippen LogP contribution is -2.32. The van der Waals surface area contributed by atoms with E-state index >= 15 is 0 Å². The number of benzene rings is 1. The van der Waals surface area contributed by atoms with E-state index in [0.29, 0.717) is 0 Å². The van der Waals surface area contributed by atoms with Crippen LogP contribution in [0.5, 0.6) is 5.75 Å². The van der Waals surface area contributed by atoms with Crippen LogP contribution < -0.4 is 10.1 Å². The van der Waals surface area contributed by atoms with E-state index in [4.69, 9.17) is 16.3 Å². The van der Waals surface area contributed by atoms with Crippen LogP contribution in [0.3, 0.4) is 0 Å². The number of piperidine rings is 1. The highest BCUT2D eigenvalue weighted by atomic mass is 35.5. The van der Waals surface area contributed by atoms with E-state index in [0.717, 1.165) is 36.6 Å². The Morgan fingerprint density at radius 3 is 2.90 bits per heavy atom. The van der Waals surface area contributed by atoms with Gasteiger partial charge in [0.1, 0.15) is 5.75 Å². The molecule has 1 aromatic rings. The number of hydrogen-bond acceptors (Lipinski definition) is 3. The maximum absolute atomic E-state index is 11.3. The number of likely N-dealkylation sites (tertiary alicyclic amines) is 1. The second-order valence-corrected chi connectivity index (χ2v) is 5.95. The summed E-state index contributed by atoms with van der Waals surface area (Å²) >= 11 is 6.52. The van der Waals surface area contributed by atoms with Crippen molar-refractivity contribution in [2.75, 3.05) is 31.6 Å². The first kappa shape index (κ1) is 13.7. The Kier molecular flexibility index (Phi) is 4.13. The lowest BCUT2D eigenvalue weighted by Gasteiger charge is -2.28. The standard InChI is InChI=1S/C15H19ClN2O2/c16-12(9-18-6-2-1-3-7-18)11-4-5-14-13(8-11)17-15(19)10-20-14/h4-5,8,12H,1-3,6-7,9-10H2,(H,17,19). The number of hydrogen-bond donors (Lipinski definition) is 1. The molecule has 1 N–H and O–H groups in total. The summed E-state index contributed by atoms with van der Waals surface area (Å²) in [5, 5.41) is 2.76. The molecule has 3 rings (SSSR count). The molecule has 1 fully saturated rings. The highest BCUT2D eigenvalue weighted by molar-refractivity contribution is 6.21. The van der Waals surface area contributed by atoms with Gasteiger partial charge < -0.3 is 15.0 Å². The number of carbonyl (C=O) groups excluding carboxylic acids is 1. The van der Waals surface area contributed by atoms with Crippen LogP contribution in [0.25, 0.3) is 0 Å². The van der Waals surface area contributed by atoms with Crippen LogP contribution in [-0.2, 0) is 4.79 Å². The van der Waals surface area contributed by atoms with Crippen LogP contribution >= 0.6 is 11.6 Å². The van der Waals surface area contributed by atoms with Crippen molar-refractivity contribution in [1.82, 2.24) is 4.90 Å². The molecule has 108 valence electrons. The molecular formula is C15H19ClN2O2. The van der Waals surface area contributed by atoms with Crippen molar-refractivity contribution >= 4 is 23.2 Å². The number of rotatable bonds is 3. The molecule has 0 saturated carbocycles. The number of anilines is 1. The van der Waals surface area contributed by atoms with Crippen LogP contribution in [-0.4, -0.2) is 37.0 Å². The topological polar surface area (TPSA) is 41.6 Å². The van der Waals surface area contributed by atoms with Crippen molar-refractivity contribution in [2.45, 2.75) is 24.6 Å². The summed E-state index contributed by atoms with van der Waals surface area (Å²) in [5.74, 6) is 0.604. The minimum absolute atomic E-state index is 0.0581. The number of nitrogens with zero attached hydrogens (tertiary/aromatic N) is 1. The van der Waals surface area contributed by atoms with Gasteiger partial charge in [0, 0.05) is 6.54 Å². The fraction of sp³-hybridized carbons (Fsp3) is 0.533. The first-order valence-corrected chi connectivity index (χ1v) is 7.59. The summed E-state index contributed by atoms with van der Waals surface area (Å²) in [6, 6.07) is 5.79. The van der Waals surface area contributed by atoms with E-state index in [1.165, 1.54) is 19.3 Å². The molecular weight excluding hydrogens is 276 g/mol. The Bertz CT molecular complexity index is 501. The summed E-state index contributed by atoms with van der Waals surface area (Å²) in [6.07, 6.45) is 3.85. The smallest absolute Gasteiger partial charge is 0.262 e. The molecule has 2 heterocycles. The lowest BCUT2D eigenvalue weighted by atomic mass is 10.1. The predicted molar refractivity (Wildman–Crippen MR) is 79.5 cm³/mol. The molecule has 0 bridgehead atoms. The number of ether oxygens (including phenoxy) is 1. The third-order valence-electron chi connectivity index (χ3n) is 3.87. The SMILES string of the molecule is O=C1COc2ccc(C(Cl)CN3CCCCC3)cc2N1. The van der Waals surface area contributed by atoms with Crippen molar-refractivity contribution in [3.8, 4) is 5.75 Å². The van der Waals surface area contributed by atoms with E-state index in [1.54, 1.807) is 0 Å². The first-order valence-electron chi connectivity index (χ1n) is 7.15. The van der Waals surface area contributed by atoms with Gasteiger partial charge in [-0.15, -0.1) is 11.6 Å². The minimum atomic E-state index is -0.114. The van der Waals surface area contributed by atoms with Gasteiger partial charge in [-0.05, 0) is 43.6 Å². The average molecular weight is 295 g/mol. The molecule has 0 radical (unpaired) electrons. The van der Waals surface area contributed by atoms with Crippen molar-refractivity contribution < 1.29 is 9.53 Å². The van der Waals surface area contributed by atoms with Crippen molar-refractivity contribution in [1.29, 1.82) is 0 Å². The highest BCUT2D eigenvalue weighted by Crippen LogP contribution is 2.33. The van der Waals surface area contributed by atoms with Crippen LogP contribution in [0.4, 0.5) is 5.69 Å². The third-order valence-corrected chi connectivity index (χ3v) is 4.26. The van der Waals surface area contributed by atoms with Crippen molar-refractivity contribution in [3.05, 3.63) is 23.8 Å². The van der Waals surface area contributed by atoms with E-state index in [2.05, 4.69) is 10.2 Å². The summed E-state index contributed by atoms with van der Waals surface area (Å²) in [7, 11) is 0. The number of amides is 1. The van der Waals surface area contributed by atoms with Gasteiger partial charge >= 0.3 is 0 Å². The normalized spacial score (nSPS) is 20.8. The Balaban J connectivity index is 1.69. The van der Waals surface area contributed by atoms with Crippen LogP contribution in [0.1, 0.15) is 30.2 Å². The van der Waals surface area contributed by atoms with Crippen molar-refractivity contribution in [3.63, 3.8) is 0 Å². The van der Waals surface area contributed by atoms with E-state index in [9.17, 15) is 4.79 Å². The second kappa shape index (κ2) is 6.02. The summed E-state index contributed by atoms with van der Waals surface area (Å²) in [5.41, 5.74) is 1.75. The monoisotopic (exact) mass is 294 g/mol. The molecule has 1 atom stereocenters. The minimum Gasteiger partial charge on any atom is -0.482 e. The highest BCUT2D eigenvalue weighted by Gasteiger charge is 2.20. The molecule has 1 unspecified atom stereocenters. The first-order chi connectivity index (χ1) is 9.72. The van der Waals surface area contributed by atoms with Gasteiger partial charge in [-0.1, -0.05) is 12.5 Å². The van der Waals surface area contributed by atoms with Gasteiger partial charge in [0.2, 0.25) is 0 Å². The number of alkyl halides is 1. The zero-order valence-electron chi connectivity index (χ0n) is 11.4. The van der Waals surface area contributed by atoms with Crippen LogP contribution in [0.2, 0.25) is 0 Å². The Hall–Kier alpha value is -1.26. The average Bonchev–Trinajstić information content (AvgIpc) is 2.47. The molecule has 1 aromatic carbocycles. The maximum atomic E-state index is 11.3. The van der Waals surface area contributed by atoms with Crippen LogP contribution in [0.15, 0.2) is 18.2 Å². The molecule has 5 heteroatoms. The largest absolute Gasteiger partial charge is 0.482 e. The van der Waals surface area contributed by atoms with Crippen molar-refractivity contribution in [2.24, 2.45) is 0 Å². The summed E-state index contributed by atoms with van der Waals surface area (Å²) in [4.78, 5) is 13.8. The van der Waals surface area contributed by atoms with Gasteiger partial charge in [0.25, 0.3) is 5.91 Å². The Morgan fingerprint density at radius 2 is 2.10 bits per heavy atom. The van der Waals surface area contributed by atoms with Gasteiger partial charge in [0.05, 0.1) is 11.1 Å². The Morgan fingerprint density at radius 1 is 1.30 bits per heavy atom. The zero-order chi connectivity index (χ0) is 13.9. The lowest BCUT2D eigenvalue weighted by molar-refractivity contribution is -0.118. The second-order valence-electron chi connectivity index (χ2n) is 5.42. The van der Waals surface area contributed by atoms with E-state index < -0.39 is 0 Å². The predicted octanol–water partition coefficient (Wildman–Crippen LogP) is 2.78. The number of carbonyl (C=O) groups is 1. The van der Waals surface area contributed by atoms with Gasteiger partial charge in [0.15, 0.2) is 6.61 Å².